The summed E-state index contributed by atoms with van der Waals surface area (Å²) in [6, 6.07) is 15.3. The molecule has 0 spiro atoms. The molecule has 10 heteroatoms. The fraction of sp³-hybridized carbons (Fsp3) is 0.207. The molecule has 0 radical (unpaired) electrons. The maximum absolute atomic E-state index is 14.1. The van der Waals surface area contributed by atoms with Gasteiger partial charge in [-0.05, 0) is 67.4 Å². The smallest absolute Gasteiger partial charge is 0.211 e. The topological polar surface area (TPSA) is 116 Å². The third-order valence-electron chi connectivity index (χ3n) is 5.89. The Morgan fingerprint density at radius 3 is 2.18 bits per heavy atom. The number of carbonyl (C=O) groups is 2. The number of pyridine rings is 1. The highest BCUT2D eigenvalue weighted by molar-refractivity contribution is 5.90. The minimum Gasteiger partial charge on any atom is -0.495 e. The first kappa shape index (κ1) is 28.8. The van der Waals surface area contributed by atoms with E-state index in [-0.39, 0.29) is 17.0 Å². The van der Waals surface area contributed by atoms with Gasteiger partial charge < -0.3 is 30.6 Å². The van der Waals surface area contributed by atoms with E-state index in [1.807, 2.05) is 6.92 Å². The van der Waals surface area contributed by atoms with Crippen molar-refractivity contribution in [2.45, 2.75) is 19.8 Å². The molecule has 0 bridgehead atoms. The van der Waals surface area contributed by atoms with Crippen molar-refractivity contribution >= 4 is 40.7 Å². The van der Waals surface area contributed by atoms with Crippen molar-refractivity contribution in [3.05, 3.63) is 78.5 Å². The molecule has 4 aromatic rings. The Labute approximate surface area is 225 Å². The summed E-state index contributed by atoms with van der Waals surface area (Å²) in [5.74, 6) is 0.360. The van der Waals surface area contributed by atoms with E-state index in [2.05, 4.69) is 15.6 Å². The van der Waals surface area contributed by atoms with Crippen LogP contribution in [0.15, 0.2) is 66.9 Å². The van der Waals surface area contributed by atoms with Crippen LogP contribution in [0.1, 0.15) is 19.8 Å². The number of amides is 1. The van der Waals surface area contributed by atoms with E-state index in [0.29, 0.717) is 45.9 Å². The van der Waals surface area contributed by atoms with Gasteiger partial charge in [-0.25, -0.2) is 8.78 Å². The standard InChI is InChI=1S/C17H16FN3O2.C7H6FNO.C5H8O/c1-20-10-3-4-16(12(18)7-10)23-15-5-6-21-14-9-13(19)17(22-2)8-11(14)15;8-6-1-3-7(4-2-6)9-5-10;1-5(4-6)2-3-5/h3-9,20H,19H2,1-2H3;1-5H,(H,9,10);4H,2-3H2,1H3. The number of benzene rings is 3. The molecule has 39 heavy (non-hydrogen) atoms. The van der Waals surface area contributed by atoms with Gasteiger partial charge in [0.25, 0.3) is 0 Å². The number of hydrogen-bond donors (Lipinski definition) is 3. The number of nitrogens with one attached hydrogen (secondary N) is 2. The van der Waals surface area contributed by atoms with E-state index >= 15 is 0 Å². The third kappa shape index (κ3) is 8.13. The van der Waals surface area contributed by atoms with Gasteiger partial charge in [0.05, 0.1) is 18.3 Å². The van der Waals surface area contributed by atoms with Gasteiger partial charge in [0.1, 0.15) is 23.6 Å². The summed E-state index contributed by atoms with van der Waals surface area (Å²) < 4.78 is 37.3. The summed E-state index contributed by atoms with van der Waals surface area (Å²) in [5, 5.41) is 5.95. The maximum atomic E-state index is 14.1. The summed E-state index contributed by atoms with van der Waals surface area (Å²) >= 11 is 0. The first-order valence-electron chi connectivity index (χ1n) is 12.0. The molecular formula is C29H30F2N4O4. The van der Waals surface area contributed by atoms with Crippen LogP contribution in [0, 0.1) is 17.0 Å². The van der Waals surface area contributed by atoms with E-state index in [1.165, 1.54) is 37.4 Å². The first-order valence-corrected chi connectivity index (χ1v) is 12.0. The average molecular weight is 537 g/mol. The number of methoxy groups -OCH3 is 1. The lowest BCUT2D eigenvalue weighted by atomic mass is 10.1. The Morgan fingerprint density at radius 2 is 1.64 bits per heavy atom. The molecule has 1 saturated carbocycles. The molecule has 1 aliphatic carbocycles. The third-order valence-corrected chi connectivity index (χ3v) is 5.89. The number of nitrogens with two attached hydrogens (primary N) is 1. The molecule has 4 N–H and O–H groups in total. The molecule has 3 aromatic carbocycles. The molecule has 1 aliphatic rings. The summed E-state index contributed by atoms with van der Waals surface area (Å²) in [6.07, 6.45) is 5.40. The van der Waals surface area contributed by atoms with Crippen LogP contribution in [0.2, 0.25) is 0 Å². The monoisotopic (exact) mass is 536 g/mol. The van der Waals surface area contributed by atoms with Gasteiger partial charge in [-0.2, -0.15) is 0 Å². The van der Waals surface area contributed by atoms with Crippen molar-refractivity contribution in [1.82, 2.24) is 4.98 Å². The maximum Gasteiger partial charge on any atom is 0.211 e. The Bertz CT molecular complexity index is 1430. The Kier molecular flexibility index (Phi) is 9.75. The van der Waals surface area contributed by atoms with Crippen molar-refractivity contribution in [2.24, 2.45) is 5.41 Å². The zero-order chi connectivity index (χ0) is 28.4. The van der Waals surface area contributed by atoms with Crippen molar-refractivity contribution in [2.75, 3.05) is 30.5 Å². The average Bonchev–Trinajstić information content (AvgIpc) is 3.69. The lowest BCUT2D eigenvalue weighted by molar-refractivity contribution is -0.111. The van der Waals surface area contributed by atoms with E-state index < -0.39 is 5.82 Å². The van der Waals surface area contributed by atoms with Crippen LogP contribution in [0.3, 0.4) is 0 Å². The zero-order valence-electron chi connectivity index (χ0n) is 21.8. The molecule has 204 valence electrons. The number of carbonyl (C=O) groups excluding carboxylic acids is 2. The molecule has 1 fully saturated rings. The first-order chi connectivity index (χ1) is 18.7. The number of nitrogen functional groups attached to an aromatic ring is 1. The normalized spacial score (nSPS) is 12.5. The van der Waals surface area contributed by atoms with E-state index in [1.54, 1.807) is 43.6 Å². The summed E-state index contributed by atoms with van der Waals surface area (Å²) in [7, 11) is 3.26. The van der Waals surface area contributed by atoms with E-state index in [9.17, 15) is 18.4 Å². The van der Waals surface area contributed by atoms with E-state index in [4.69, 9.17) is 15.2 Å². The second-order valence-corrected chi connectivity index (χ2v) is 8.96. The largest absolute Gasteiger partial charge is 0.495 e. The van der Waals surface area contributed by atoms with Crippen molar-refractivity contribution in [3.63, 3.8) is 0 Å². The predicted octanol–water partition coefficient (Wildman–Crippen LogP) is 6.18. The molecule has 1 amide bonds. The Balaban J connectivity index is 0.000000214. The lowest BCUT2D eigenvalue weighted by Gasteiger charge is -2.12. The van der Waals surface area contributed by atoms with E-state index in [0.717, 1.165) is 19.1 Å². The van der Waals surface area contributed by atoms with Gasteiger partial charge >= 0.3 is 0 Å². The molecule has 1 heterocycles. The summed E-state index contributed by atoms with van der Waals surface area (Å²) in [4.78, 5) is 24.0. The molecule has 5 rings (SSSR count). The predicted molar refractivity (Wildman–Crippen MR) is 148 cm³/mol. The van der Waals surface area contributed by atoms with Crippen molar-refractivity contribution < 1.29 is 27.8 Å². The van der Waals surface area contributed by atoms with Crippen LogP contribution in [0.4, 0.5) is 25.8 Å². The number of fused-ring (bicyclic) bond motifs is 1. The molecular weight excluding hydrogens is 506 g/mol. The van der Waals surface area contributed by atoms with Gasteiger partial charge in [0, 0.05) is 41.5 Å². The number of ether oxygens (including phenoxy) is 2. The van der Waals surface area contributed by atoms with Crippen LogP contribution in [-0.4, -0.2) is 31.8 Å². The Hall–Kier alpha value is -4.73. The number of halogens is 2. The van der Waals surface area contributed by atoms with Gasteiger partial charge in [0.2, 0.25) is 6.41 Å². The van der Waals surface area contributed by atoms with Crippen LogP contribution in [0.5, 0.6) is 17.2 Å². The molecule has 8 nitrogen and oxygen atoms in total. The van der Waals surface area contributed by atoms with Crippen LogP contribution < -0.4 is 25.8 Å². The molecule has 1 aromatic heterocycles. The number of nitrogens with zero attached hydrogens (tertiary/aromatic N) is 1. The highest BCUT2D eigenvalue weighted by Crippen LogP contribution is 2.42. The second-order valence-electron chi connectivity index (χ2n) is 8.96. The van der Waals surface area contributed by atoms with Crippen molar-refractivity contribution in [1.29, 1.82) is 0 Å². The van der Waals surface area contributed by atoms with Gasteiger partial charge in [-0.3, -0.25) is 9.78 Å². The lowest BCUT2D eigenvalue weighted by Crippen LogP contribution is -1.96. The highest BCUT2D eigenvalue weighted by Gasteiger charge is 2.36. The fourth-order valence-electron chi connectivity index (χ4n) is 3.22. The second kappa shape index (κ2) is 13.2. The number of rotatable bonds is 7. The fourth-order valence-corrected chi connectivity index (χ4v) is 3.22. The van der Waals surface area contributed by atoms with Gasteiger partial charge in [-0.1, -0.05) is 6.92 Å². The SMILES string of the molecule is CC1(C=O)CC1.CNc1ccc(Oc2ccnc3cc(N)c(OC)cc23)c(F)c1.O=CNc1ccc(F)cc1. The van der Waals surface area contributed by atoms with Gasteiger partial charge in [0.15, 0.2) is 11.6 Å². The number of hydrogen-bond acceptors (Lipinski definition) is 7. The zero-order valence-corrected chi connectivity index (χ0v) is 21.8. The minimum atomic E-state index is -0.454. The minimum absolute atomic E-state index is 0.111. The number of aromatic nitrogens is 1. The number of anilines is 3. The van der Waals surface area contributed by atoms with Crippen molar-refractivity contribution in [3.8, 4) is 17.2 Å². The van der Waals surface area contributed by atoms with Crippen LogP contribution in [-0.2, 0) is 9.59 Å². The highest BCUT2D eigenvalue weighted by atomic mass is 19.1. The quantitative estimate of drug-likeness (QED) is 0.191. The van der Waals surface area contributed by atoms with Crippen LogP contribution in [0.25, 0.3) is 10.9 Å². The Morgan fingerprint density at radius 1 is 0.949 bits per heavy atom. The van der Waals surface area contributed by atoms with Gasteiger partial charge in [-0.15, -0.1) is 0 Å². The van der Waals surface area contributed by atoms with Crippen LogP contribution >= 0.6 is 0 Å². The summed E-state index contributed by atoms with van der Waals surface area (Å²) in [6.45, 7) is 1.99. The molecule has 0 atom stereocenters. The summed E-state index contributed by atoms with van der Waals surface area (Å²) in [5.41, 5.74) is 8.39. The number of aldehydes is 1. The molecule has 0 saturated heterocycles. The molecule has 0 unspecified atom stereocenters. The molecule has 0 aliphatic heterocycles.